The summed E-state index contributed by atoms with van der Waals surface area (Å²) in [5.41, 5.74) is 4.30. The van der Waals surface area contributed by atoms with Crippen LogP contribution in [0.4, 0.5) is 4.79 Å². The Hall–Kier alpha value is -2.73. The minimum Gasteiger partial charge on any atom is -0.493 e. The number of aryl methyl sites for hydroxylation is 1. The van der Waals surface area contributed by atoms with Crippen LogP contribution < -0.4 is 14.8 Å². The molecule has 6 nitrogen and oxygen atoms in total. The van der Waals surface area contributed by atoms with E-state index in [9.17, 15) is 4.79 Å². The standard InChI is InChI=1S/C28H34N2O4/c1-28(2)17-33-24-15-20(19-6-8-23-21(14-19)4-3-13-32-23)5-7-22(24)26(28)29-27(31)34-25-16-30-11-9-18(25)10-12-30/h5-8,14-15,18,25-26H,3-4,9-13,16-17H2,1-2H3,(H,29,31)/t25-,26?/m0/s1. The van der Waals surface area contributed by atoms with E-state index in [1.807, 2.05) is 0 Å². The first-order valence-corrected chi connectivity index (χ1v) is 12.7. The molecule has 1 unspecified atom stereocenters. The molecule has 0 aliphatic carbocycles. The number of piperidine rings is 3. The Morgan fingerprint density at radius 1 is 1.06 bits per heavy atom. The number of carbonyl (C=O) groups is 1. The SMILES string of the molecule is CC1(C)COc2cc(-c3ccc4c(c3)CCCO4)ccc2C1NC(=O)O[C@H]1CN2CCC1CC2. The average Bonchev–Trinajstić information content (AvgIpc) is 2.86. The molecule has 2 atom stereocenters. The van der Waals surface area contributed by atoms with E-state index in [4.69, 9.17) is 14.2 Å². The van der Waals surface area contributed by atoms with Gasteiger partial charge in [0, 0.05) is 17.5 Å². The van der Waals surface area contributed by atoms with Crippen molar-refractivity contribution >= 4 is 6.09 Å². The highest BCUT2D eigenvalue weighted by atomic mass is 16.6. The molecule has 5 aliphatic heterocycles. The zero-order valence-electron chi connectivity index (χ0n) is 20.1. The highest BCUT2D eigenvalue weighted by molar-refractivity contribution is 5.71. The van der Waals surface area contributed by atoms with Crippen LogP contribution in [0.3, 0.4) is 0 Å². The van der Waals surface area contributed by atoms with Crippen LogP contribution in [-0.2, 0) is 11.2 Å². The number of hydrogen-bond acceptors (Lipinski definition) is 5. The second-order valence-electron chi connectivity index (χ2n) is 11.0. The van der Waals surface area contributed by atoms with Gasteiger partial charge in [-0.25, -0.2) is 4.79 Å². The van der Waals surface area contributed by atoms with Crippen LogP contribution >= 0.6 is 0 Å². The van der Waals surface area contributed by atoms with Crippen molar-refractivity contribution in [3.8, 4) is 22.6 Å². The minimum atomic E-state index is -0.316. The smallest absolute Gasteiger partial charge is 0.407 e. The molecule has 7 rings (SSSR count). The van der Waals surface area contributed by atoms with Gasteiger partial charge < -0.3 is 19.5 Å². The summed E-state index contributed by atoms with van der Waals surface area (Å²) in [7, 11) is 0. The molecule has 34 heavy (non-hydrogen) atoms. The average molecular weight is 463 g/mol. The highest BCUT2D eigenvalue weighted by Crippen LogP contribution is 2.44. The predicted molar refractivity (Wildman–Crippen MR) is 130 cm³/mol. The van der Waals surface area contributed by atoms with Crippen molar-refractivity contribution < 1.29 is 19.0 Å². The fourth-order valence-electron chi connectivity index (χ4n) is 5.99. The van der Waals surface area contributed by atoms with Crippen LogP contribution in [0.25, 0.3) is 11.1 Å². The van der Waals surface area contributed by atoms with Gasteiger partial charge in [0.1, 0.15) is 17.6 Å². The lowest BCUT2D eigenvalue weighted by atomic mass is 9.78. The molecule has 2 aromatic rings. The van der Waals surface area contributed by atoms with E-state index in [1.54, 1.807) is 0 Å². The number of fused-ring (bicyclic) bond motifs is 5. The van der Waals surface area contributed by atoms with Crippen molar-refractivity contribution in [3.05, 3.63) is 47.5 Å². The van der Waals surface area contributed by atoms with E-state index in [2.05, 4.69) is 60.5 Å². The van der Waals surface area contributed by atoms with E-state index in [0.717, 1.165) is 80.1 Å². The lowest BCUT2D eigenvalue weighted by Gasteiger charge is -2.44. The maximum absolute atomic E-state index is 13.0. The Bertz CT molecular complexity index is 1090. The van der Waals surface area contributed by atoms with E-state index >= 15 is 0 Å². The molecule has 0 spiro atoms. The second-order valence-corrected chi connectivity index (χ2v) is 11.0. The molecule has 2 aromatic carbocycles. The number of nitrogens with one attached hydrogen (secondary N) is 1. The van der Waals surface area contributed by atoms with E-state index < -0.39 is 0 Å². The molecule has 3 fully saturated rings. The van der Waals surface area contributed by atoms with Gasteiger partial charge in [0.2, 0.25) is 0 Å². The molecule has 0 aromatic heterocycles. The maximum Gasteiger partial charge on any atom is 0.407 e. The third kappa shape index (κ3) is 4.02. The Labute approximate surface area is 201 Å². The van der Waals surface area contributed by atoms with Crippen molar-refractivity contribution in [3.63, 3.8) is 0 Å². The first-order chi connectivity index (χ1) is 16.5. The second kappa shape index (κ2) is 8.49. The summed E-state index contributed by atoms with van der Waals surface area (Å²) >= 11 is 0. The first kappa shape index (κ1) is 21.8. The number of amides is 1. The number of rotatable bonds is 3. The van der Waals surface area contributed by atoms with Crippen molar-refractivity contribution in [2.24, 2.45) is 11.3 Å². The summed E-state index contributed by atoms with van der Waals surface area (Å²) < 4.78 is 17.9. The van der Waals surface area contributed by atoms with E-state index in [1.165, 1.54) is 5.56 Å². The van der Waals surface area contributed by atoms with Gasteiger partial charge >= 0.3 is 6.09 Å². The van der Waals surface area contributed by atoms with Gasteiger partial charge in [-0.1, -0.05) is 32.0 Å². The zero-order valence-corrected chi connectivity index (χ0v) is 20.1. The lowest BCUT2D eigenvalue weighted by molar-refractivity contribution is -0.0361. The molecule has 0 saturated carbocycles. The summed E-state index contributed by atoms with van der Waals surface area (Å²) in [5.74, 6) is 2.32. The number of benzene rings is 2. The molecule has 1 amide bonds. The third-order valence-corrected chi connectivity index (χ3v) is 8.06. The fraction of sp³-hybridized carbons (Fsp3) is 0.536. The van der Waals surface area contributed by atoms with Crippen LogP contribution in [0.1, 0.15) is 50.3 Å². The molecule has 2 bridgehead atoms. The molecule has 180 valence electrons. The van der Waals surface area contributed by atoms with Crippen molar-refractivity contribution in [1.82, 2.24) is 10.2 Å². The van der Waals surface area contributed by atoms with Gasteiger partial charge in [-0.15, -0.1) is 0 Å². The van der Waals surface area contributed by atoms with Gasteiger partial charge in [-0.2, -0.15) is 0 Å². The number of nitrogens with zero attached hydrogens (tertiary/aromatic N) is 1. The molecule has 3 saturated heterocycles. The lowest BCUT2D eigenvalue weighted by Crippen LogP contribution is -2.53. The van der Waals surface area contributed by atoms with Gasteiger partial charge in [-0.05, 0) is 79.6 Å². The minimum absolute atomic E-state index is 0.000266. The molecule has 5 heterocycles. The summed E-state index contributed by atoms with van der Waals surface area (Å²) in [6.45, 7) is 8.72. The zero-order chi connectivity index (χ0) is 23.3. The Kier molecular flexibility index (Phi) is 5.44. The van der Waals surface area contributed by atoms with Crippen LogP contribution in [0.2, 0.25) is 0 Å². The number of ether oxygens (including phenoxy) is 3. The van der Waals surface area contributed by atoms with Gasteiger partial charge in [0.25, 0.3) is 0 Å². The summed E-state index contributed by atoms with van der Waals surface area (Å²) in [6.07, 6.45) is 4.04. The molecular weight excluding hydrogens is 428 g/mol. The topological polar surface area (TPSA) is 60.0 Å². The molecule has 1 N–H and O–H groups in total. The van der Waals surface area contributed by atoms with Gasteiger partial charge in [-0.3, -0.25) is 4.90 Å². The summed E-state index contributed by atoms with van der Waals surface area (Å²) in [6, 6.07) is 12.6. The predicted octanol–water partition coefficient (Wildman–Crippen LogP) is 4.96. The monoisotopic (exact) mass is 462 g/mol. The highest BCUT2D eigenvalue weighted by Gasteiger charge is 2.41. The third-order valence-electron chi connectivity index (χ3n) is 8.06. The number of carbonyl (C=O) groups excluding carboxylic acids is 1. The van der Waals surface area contributed by atoms with Crippen molar-refractivity contribution in [1.29, 1.82) is 0 Å². The fourth-order valence-corrected chi connectivity index (χ4v) is 5.99. The Balaban J connectivity index is 1.22. The van der Waals surface area contributed by atoms with Gasteiger partial charge in [0.05, 0.1) is 19.3 Å². The molecule has 5 aliphatic rings. The van der Waals surface area contributed by atoms with Crippen LogP contribution in [0, 0.1) is 11.3 Å². The van der Waals surface area contributed by atoms with Crippen LogP contribution in [0.15, 0.2) is 36.4 Å². The maximum atomic E-state index is 13.0. The normalized spacial score (nSPS) is 28.6. The summed E-state index contributed by atoms with van der Waals surface area (Å²) in [4.78, 5) is 15.4. The molecule has 0 radical (unpaired) electrons. The van der Waals surface area contributed by atoms with E-state index in [0.29, 0.717) is 12.5 Å². The molecule has 6 heteroatoms. The van der Waals surface area contributed by atoms with E-state index in [-0.39, 0.29) is 23.7 Å². The van der Waals surface area contributed by atoms with Crippen LogP contribution in [0.5, 0.6) is 11.5 Å². The largest absolute Gasteiger partial charge is 0.493 e. The van der Waals surface area contributed by atoms with Crippen LogP contribution in [-0.4, -0.2) is 49.9 Å². The first-order valence-electron chi connectivity index (χ1n) is 12.7. The Morgan fingerprint density at radius 2 is 1.85 bits per heavy atom. The summed E-state index contributed by atoms with van der Waals surface area (Å²) in [5, 5.41) is 3.20. The van der Waals surface area contributed by atoms with Gasteiger partial charge in [0.15, 0.2) is 0 Å². The van der Waals surface area contributed by atoms with Crippen molar-refractivity contribution in [2.45, 2.75) is 51.7 Å². The van der Waals surface area contributed by atoms with Crippen molar-refractivity contribution in [2.75, 3.05) is 32.8 Å². The number of hydrogen-bond donors (Lipinski definition) is 1. The Morgan fingerprint density at radius 3 is 2.65 bits per heavy atom. The quantitative estimate of drug-likeness (QED) is 0.699. The molecular formula is C28H34N2O4. The number of alkyl carbamates (subject to hydrolysis) is 1.